The monoisotopic (exact) mass is 284 g/mol. The van der Waals surface area contributed by atoms with Gasteiger partial charge in [0.1, 0.15) is 0 Å². The Morgan fingerprint density at radius 3 is 2.40 bits per heavy atom. The van der Waals surface area contributed by atoms with Gasteiger partial charge in [0.2, 0.25) is 0 Å². The summed E-state index contributed by atoms with van der Waals surface area (Å²) >= 11 is 0. The largest absolute Gasteiger partial charge is 0.416 e. The molecule has 0 aliphatic heterocycles. The van der Waals surface area contributed by atoms with Gasteiger partial charge in [0.05, 0.1) is 17.8 Å². The van der Waals surface area contributed by atoms with Crippen LogP contribution in [0.4, 0.5) is 13.2 Å². The maximum absolute atomic E-state index is 12.5. The molecule has 0 aliphatic carbocycles. The second kappa shape index (κ2) is 5.66. The first-order valence-corrected chi connectivity index (χ1v) is 6.19. The second-order valence-corrected chi connectivity index (χ2v) is 4.66. The lowest BCUT2D eigenvalue weighted by atomic mass is 10.1. The SMILES string of the molecule is Cc1cc(CNC(C)c2ccc(C(F)(F)F)cc2)on1. The minimum absolute atomic E-state index is 0.0808. The minimum Gasteiger partial charge on any atom is -0.360 e. The van der Waals surface area contributed by atoms with Crippen molar-refractivity contribution in [2.75, 3.05) is 0 Å². The summed E-state index contributed by atoms with van der Waals surface area (Å²) in [5.74, 6) is 0.696. The molecule has 0 amide bonds. The normalized spacial score (nSPS) is 13.4. The Morgan fingerprint density at radius 2 is 1.90 bits per heavy atom. The molecule has 0 spiro atoms. The van der Waals surface area contributed by atoms with E-state index in [-0.39, 0.29) is 6.04 Å². The third-order valence-corrected chi connectivity index (χ3v) is 3.00. The summed E-state index contributed by atoms with van der Waals surface area (Å²) in [5, 5.41) is 6.94. The van der Waals surface area contributed by atoms with Crippen LogP contribution in [-0.2, 0) is 12.7 Å². The molecular formula is C14H15F3N2O. The van der Waals surface area contributed by atoms with Crippen molar-refractivity contribution in [2.45, 2.75) is 32.6 Å². The number of hydrogen-bond donors (Lipinski definition) is 1. The van der Waals surface area contributed by atoms with Crippen LogP contribution in [0.15, 0.2) is 34.9 Å². The number of halogens is 3. The quantitative estimate of drug-likeness (QED) is 0.926. The van der Waals surface area contributed by atoms with Gasteiger partial charge in [0, 0.05) is 12.1 Å². The summed E-state index contributed by atoms with van der Waals surface area (Å²) in [7, 11) is 0. The fourth-order valence-corrected chi connectivity index (χ4v) is 1.83. The summed E-state index contributed by atoms with van der Waals surface area (Å²) in [6, 6.07) is 6.87. The number of alkyl halides is 3. The van der Waals surface area contributed by atoms with Crippen LogP contribution in [0.5, 0.6) is 0 Å². The van der Waals surface area contributed by atoms with Crippen LogP contribution in [0.1, 0.15) is 35.5 Å². The molecule has 1 N–H and O–H groups in total. The summed E-state index contributed by atoms with van der Waals surface area (Å²) in [4.78, 5) is 0. The third kappa shape index (κ3) is 3.60. The highest BCUT2D eigenvalue weighted by Gasteiger charge is 2.30. The predicted molar refractivity (Wildman–Crippen MR) is 67.9 cm³/mol. The van der Waals surface area contributed by atoms with E-state index < -0.39 is 11.7 Å². The van der Waals surface area contributed by atoms with Gasteiger partial charge >= 0.3 is 6.18 Å². The number of aromatic nitrogens is 1. The van der Waals surface area contributed by atoms with Gasteiger partial charge in [-0.3, -0.25) is 0 Å². The Morgan fingerprint density at radius 1 is 1.25 bits per heavy atom. The van der Waals surface area contributed by atoms with Crippen molar-refractivity contribution in [3.63, 3.8) is 0 Å². The van der Waals surface area contributed by atoms with Gasteiger partial charge in [-0.2, -0.15) is 13.2 Å². The van der Waals surface area contributed by atoms with E-state index >= 15 is 0 Å². The Labute approximate surface area is 114 Å². The van der Waals surface area contributed by atoms with E-state index in [1.807, 2.05) is 19.9 Å². The van der Waals surface area contributed by atoms with Crippen molar-refractivity contribution < 1.29 is 17.7 Å². The lowest BCUT2D eigenvalue weighted by Gasteiger charge is -2.14. The summed E-state index contributed by atoms with van der Waals surface area (Å²) in [6.07, 6.45) is -4.30. The van der Waals surface area contributed by atoms with Crippen molar-refractivity contribution in [3.8, 4) is 0 Å². The Hall–Kier alpha value is -1.82. The zero-order valence-electron chi connectivity index (χ0n) is 11.2. The van der Waals surface area contributed by atoms with E-state index in [1.54, 1.807) is 0 Å². The molecule has 0 bridgehead atoms. The van der Waals surface area contributed by atoms with Crippen LogP contribution in [0.25, 0.3) is 0 Å². The smallest absolute Gasteiger partial charge is 0.360 e. The first kappa shape index (κ1) is 14.6. The number of nitrogens with zero attached hydrogens (tertiary/aromatic N) is 1. The molecule has 0 aliphatic rings. The van der Waals surface area contributed by atoms with Gasteiger partial charge in [0.15, 0.2) is 5.76 Å². The average Bonchev–Trinajstić information content (AvgIpc) is 2.81. The van der Waals surface area contributed by atoms with E-state index in [2.05, 4.69) is 10.5 Å². The summed E-state index contributed by atoms with van der Waals surface area (Å²) in [5.41, 5.74) is 0.942. The lowest BCUT2D eigenvalue weighted by Crippen LogP contribution is -2.18. The second-order valence-electron chi connectivity index (χ2n) is 4.66. The highest BCUT2D eigenvalue weighted by molar-refractivity contribution is 5.26. The first-order valence-electron chi connectivity index (χ1n) is 6.19. The third-order valence-electron chi connectivity index (χ3n) is 3.00. The van der Waals surface area contributed by atoms with Crippen LogP contribution in [0.2, 0.25) is 0 Å². The molecule has 6 heteroatoms. The molecule has 1 aromatic carbocycles. The highest BCUT2D eigenvalue weighted by atomic mass is 19.4. The van der Waals surface area contributed by atoms with Crippen LogP contribution in [0.3, 0.4) is 0 Å². The Balaban J connectivity index is 1.97. The Kier molecular flexibility index (Phi) is 4.13. The number of rotatable bonds is 4. The number of hydrogen-bond acceptors (Lipinski definition) is 3. The number of aryl methyl sites for hydroxylation is 1. The number of benzene rings is 1. The van der Waals surface area contributed by atoms with Crippen LogP contribution < -0.4 is 5.32 Å². The first-order chi connectivity index (χ1) is 9.36. The molecule has 0 radical (unpaired) electrons. The number of nitrogens with one attached hydrogen (secondary N) is 1. The van der Waals surface area contributed by atoms with Crippen LogP contribution >= 0.6 is 0 Å². The molecule has 0 saturated heterocycles. The molecule has 0 saturated carbocycles. The standard InChI is InChI=1S/C14H15F3N2O/c1-9-7-13(20-19-9)8-18-10(2)11-3-5-12(6-4-11)14(15,16)17/h3-7,10,18H,8H2,1-2H3. The highest BCUT2D eigenvalue weighted by Crippen LogP contribution is 2.29. The molecule has 2 rings (SSSR count). The van der Waals surface area contributed by atoms with Crippen molar-refractivity contribution in [1.29, 1.82) is 0 Å². The van der Waals surface area contributed by atoms with Gasteiger partial charge in [-0.15, -0.1) is 0 Å². The maximum atomic E-state index is 12.5. The molecule has 0 fully saturated rings. The van der Waals surface area contributed by atoms with Gasteiger partial charge in [-0.05, 0) is 31.5 Å². The van der Waals surface area contributed by atoms with Gasteiger partial charge in [-0.25, -0.2) is 0 Å². The predicted octanol–water partition coefficient (Wildman–Crippen LogP) is 3.85. The molecule has 3 nitrogen and oxygen atoms in total. The van der Waals surface area contributed by atoms with Crippen molar-refractivity contribution in [3.05, 3.63) is 52.9 Å². The van der Waals surface area contributed by atoms with E-state index in [0.29, 0.717) is 12.3 Å². The zero-order chi connectivity index (χ0) is 14.8. The van der Waals surface area contributed by atoms with Gasteiger partial charge in [0.25, 0.3) is 0 Å². The molecule has 1 unspecified atom stereocenters. The molecule has 1 aromatic heterocycles. The summed E-state index contributed by atoms with van der Waals surface area (Å²) in [6.45, 7) is 4.18. The average molecular weight is 284 g/mol. The fourth-order valence-electron chi connectivity index (χ4n) is 1.83. The molecule has 108 valence electrons. The van der Waals surface area contributed by atoms with Crippen molar-refractivity contribution in [2.24, 2.45) is 0 Å². The van der Waals surface area contributed by atoms with Gasteiger partial charge in [-0.1, -0.05) is 17.3 Å². The van der Waals surface area contributed by atoms with E-state index in [9.17, 15) is 13.2 Å². The molecular weight excluding hydrogens is 269 g/mol. The van der Waals surface area contributed by atoms with Gasteiger partial charge < -0.3 is 9.84 Å². The summed E-state index contributed by atoms with van der Waals surface area (Å²) < 4.78 is 42.4. The zero-order valence-corrected chi connectivity index (χ0v) is 11.2. The maximum Gasteiger partial charge on any atom is 0.416 e. The van der Waals surface area contributed by atoms with Crippen LogP contribution in [0, 0.1) is 6.92 Å². The minimum atomic E-state index is -4.30. The van der Waals surface area contributed by atoms with E-state index in [4.69, 9.17) is 4.52 Å². The van der Waals surface area contributed by atoms with E-state index in [0.717, 1.165) is 23.4 Å². The van der Waals surface area contributed by atoms with Crippen molar-refractivity contribution >= 4 is 0 Å². The van der Waals surface area contributed by atoms with Crippen LogP contribution in [-0.4, -0.2) is 5.16 Å². The lowest BCUT2D eigenvalue weighted by molar-refractivity contribution is -0.137. The molecule has 1 heterocycles. The Bertz CT molecular complexity index is 561. The van der Waals surface area contributed by atoms with E-state index in [1.165, 1.54) is 12.1 Å². The molecule has 1 atom stereocenters. The molecule has 20 heavy (non-hydrogen) atoms. The van der Waals surface area contributed by atoms with Crippen molar-refractivity contribution in [1.82, 2.24) is 10.5 Å². The topological polar surface area (TPSA) is 38.1 Å². The molecule has 2 aromatic rings. The fraction of sp³-hybridized carbons (Fsp3) is 0.357.